The maximum absolute atomic E-state index is 12.1. The van der Waals surface area contributed by atoms with Gasteiger partial charge in [0.05, 0.1) is 12.6 Å². The summed E-state index contributed by atoms with van der Waals surface area (Å²) in [6.45, 7) is 5.18. The van der Waals surface area contributed by atoms with Crippen LogP contribution in [0.2, 0.25) is 0 Å². The van der Waals surface area contributed by atoms with Gasteiger partial charge in [0, 0.05) is 19.9 Å². The minimum Gasteiger partial charge on any atom is -0.383 e. The van der Waals surface area contributed by atoms with Crippen molar-refractivity contribution in [3.63, 3.8) is 0 Å². The molecule has 1 atom stereocenters. The van der Waals surface area contributed by atoms with Crippen molar-refractivity contribution in [1.29, 1.82) is 0 Å². The Morgan fingerprint density at radius 3 is 2.89 bits per heavy atom. The molecule has 0 saturated carbocycles. The van der Waals surface area contributed by atoms with Crippen molar-refractivity contribution in [2.75, 3.05) is 13.7 Å². The molecule has 0 fully saturated rings. The number of aromatic nitrogens is 1. The summed E-state index contributed by atoms with van der Waals surface area (Å²) >= 11 is 0. The molecule has 1 aromatic rings. The van der Waals surface area contributed by atoms with Crippen molar-refractivity contribution >= 4 is 5.91 Å². The molecule has 0 aliphatic carbocycles. The maximum Gasteiger partial charge on any atom is 0.268 e. The van der Waals surface area contributed by atoms with Gasteiger partial charge in [-0.3, -0.25) is 4.79 Å². The van der Waals surface area contributed by atoms with E-state index in [1.165, 1.54) is 0 Å². The van der Waals surface area contributed by atoms with Gasteiger partial charge in [-0.25, -0.2) is 0 Å². The van der Waals surface area contributed by atoms with Gasteiger partial charge in [-0.15, -0.1) is 6.42 Å². The monoisotopic (exact) mass is 248 g/mol. The Bertz CT molecular complexity index is 429. The van der Waals surface area contributed by atoms with Gasteiger partial charge in [0.25, 0.3) is 5.91 Å². The van der Waals surface area contributed by atoms with E-state index < -0.39 is 0 Å². The summed E-state index contributed by atoms with van der Waals surface area (Å²) in [5.74, 6) is 2.66. The highest BCUT2D eigenvalue weighted by Crippen LogP contribution is 2.05. The number of carbonyl (C=O) groups excluding carboxylic acids is 1. The number of nitrogens with one attached hydrogen (secondary N) is 1. The molecule has 1 N–H and O–H groups in total. The summed E-state index contributed by atoms with van der Waals surface area (Å²) in [6.07, 6.45) is 7.26. The van der Waals surface area contributed by atoms with E-state index in [9.17, 15) is 4.79 Å². The van der Waals surface area contributed by atoms with Crippen molar-refractivity contribution < 1.29 is 9.53 Å². The van der Waals surface area contributed by atoms with Crippen LogP contribution in [0.1, 0.15) is 24.3 Å². The van der Waals surface area contributed by atoms with Gasteiger partial charge in [0.15, 0.2) is 0 Å². The topological polar surface area (TPSA) is 43.3 Å². The number of amides is 1. The molecule has 1 unspecified atom stereocenters. The molecule has 1 aromatic heterocycles. The van der Waals surface area contributed by atoms with Crippen LogP contribution in [0.4, 0.5) is 0 Å². The van der Waals surface area contributed by atoms with E-state index in [4.69, 9.17) is 11.2 Å². The summed E-state index contributed by atoms with van der Waals surface area (Å²) in [6, 6.07) is 3.37. The van der Waals surface area contributed by atoms with E-state index in [-0.39, 0.29) is 17.9 Å². The quantitative estimate of drug-likeness (QED) is 0.776. The normalized spacial score (nSPS) is 12.2. The van der Waals surface area contributed by atoms with E-state index in [2.05, 4.69) is 11.2 Å². The molecule has 0 radical (unpaired) electrons. The molecule has 18 heavy (non-hydrogen) atoms. The summed E-state index contributed by atoms with van der Waals surface area (Å²) in [5, 5.41) is 2.85. The molecule has 1 heterocycles. The molecule has 1 rings (SSSR count). The smallest absolute Gasteiger partial charge is 0.268 e. The van der Waals surface area contributed by atoms with Gasteiger partial charge in [-0.05, 0) is 18.1 Å². The van der Waals surface area contributed by atoms with Crippen molar-refractivity contribution in [1.82, 2.24) is 9.88 Å². The molecule has 0 spiro atoms. The van der Waals surface area contributed by atoms with Crippen LogP contribution in [0, 0.1) is 18.3 Å². The number of hydrogen-bond donors (Lipinski definition) is 1. The first kappa shape index (κ1) is 14.3. The standard InChI is InChI=1S/C14H20N2O2/c1-5-12(11(2)3)15-14(17)13-7-6-8-16(13)9-10-18-4/h1,6-8,11-12H,9-10H2,2-4H3,(H,15,17). The van der Waals surface area contributed by atoms with Crippen molar-refractivity contribution in [2.45, 2.75) is 26.4 Å². The second-order valence-corrected chi connectivity index (χ2v) is 4.44. The van der Waals surface area contributed by atoms with E-state index >= 15 is 0 Å². The molecule has 0 aliphatic rings. The minimum atomic E-state index is -0.247. The number of hydrogen-bond acceptors (Lipinski definition) is 2. The minimum absolute atomic E-state index is 0.146. The lowest BCUT2D eigenvalue weighted by Crippen LogP contribution is -2.38. The fourth-order valence-corrected chi connectivity index (χ4v) is 1.62. The number of rotatable bonds is 6. The van der Waals surface area contributed by atoms with Gasteiger partial charge >= 0.3 is 0 Å². The lowest BCUT2D eigenvalue weighted by molar-refractivity contribution is 0.0926. The van der Waals surface area contributed by atoms with Crippen molar-refractivity contribution in [3.05, 3.63) is 24.0 Å². The largest absolute Gasteiger partial charge is 0.383 e. The fourth-order valence-electron chi connectivity index (χ4n) is 1.62. The van der Waals surface area contributed by atoms with Crippen LogP contribution in [0.3, 0.4) is 0 Å². The Morgan fingerprint density at radius 2 is 2.33 bits per heavy atom. The molecule has 0 aliphatic heterocycles. The zero-order valence-electron chi connectivity index (χ0n) is 11.1. The van der Waals surface area contributed by atoms with E-state index in [0.717, 1.165) is 0 Å². The Kier molecular flexibility index (Phi) is 5.47. The molecular formula is C14H20N2O2. The average Bonchev–Trinajstić information content (AvgIpc) is 2.80. The third kappa shape index (κ3) is 3.64. The predicted molar refractivity (Wildman–Crippen MR) is 71.2 cm³/mol. The number of carbonyl (C=O) groups is 1. The predicted octanol–water partition coefficient (Wildman–Crippen LogP) is 1.52. The van der Waals surface area contributed by atoms with Crippen LogP contribution in [0.25, 0.3) is 0 Å². The Hall–Kier alpha value is -1.73. The number of nitrogens with zero attached hydrogens (tertiary/aromatic N) is 1. The first-order valence-electron chi connectivity index (χ1n) is 6.01. The zero-order chi connectivity index (χ0) is 13.5. The first-order valence-corrected chi connectivity index (χ1v) is 6.01. The summed E-state index contributed by atoms with van der Waals surface area (Å²) in [5.41, 5.74) is 0.605. The molecule has 0 bridgehead atoms. The highest BCUT2D eigenvalue weighted by molar-refractivity contribution is 5.93. The second kappa shape index (κ2) is 6.87. The van der Waals surface area contributed by atoms with Gasteiger partial charge in [0.1, 0.15) is 5.69 Å². The summed E-state index contributed by atoms with van der Waals surface area (Å²) in [4.78, 5) is 12.1. The van der Waals surface area contributed by atoms with E-state index in [1.807, 2.05) is 30.7 Å². The summed E-state index contributed by atoms with van der Waals surface area (Å²) < 4.78 is 6.86. The van der Waals surface area contributed by atoms with Crippen LogP contribution in [0.5, 0.6) is 0 Å². The Balaban J connectivity index is 2.72. The SMILES string of the molecule is C#CC(NC(=O)c1cccn1CCOC)C(C)C. The Labute approximate surface area is 108 Å². The number of methoxy groups -OCH3 is 1. The maximum atomic E-state index is 12.1. The van der Waals surface area contributed by atoms with Crippen LogP contribution < -0.4 is 5.32 Å². The average molecular weight is 248 g/mol. The van der Waals surface area contributed by atoms with E-state index in [1.54, 1.807) is 13.2 Å². The second-order valence-electron chi connectivity index (χ2n) is 4.44. The zero-order valence-corrected chi connectivity index (χ0v) is 11.1. The Morgan fingerprint density at radius 1 is 1.61 bits per heavy atom. The van der Waals surface area contributed by atoms with Crippen molar-refractivity contribution in [2.24, 2.45) is 5.92 Å². The molecule has 0 aromatic carbocycles. The van der Waals surface area contributed by atoms with Gasteiger partial charge in [-0.1, -0.05) is 19.8 Å². The summed E-state index contributed by atoms with van der Waals surface area (Å²) in [7, 11) is 1.64. The van der Waals surface area contributed by atoms with Crippen LogP contribution in [0.15, 0.2) is 18.3 Å². The molecular weight excluding hydrogens is 228 g/mol. The highest BCUT2D eigenvalue weighted by atomic mass is 16.5. The number of ether oxygens (including phenoxy) is 1. The van der Waals surface area contributed by atoms with Gasteiger partial charge in [-0.2, -0.15) is 0 Å². The molecule has 1 amide bonds. The molecule has 4 nitrogen and oxygen atoms in total. The van der Waals surface area contributed by atoms with Crippen molar-refractivity contribution in [3.8, 4) is 12.3 Å². The van der Waals surface area contributed by atoms with Crippen LogP contribution in [-0.2, 0) is 11.3 Å². The fraction of sp³-hybridized carbons (Fsp3) is 0.500. The highest BCUT2D eigenvalue weighted by Gasteiger charge is 2.16. The number of terminal acetylenes is 1. The van der Waals surface area contributed by atoms with Crippen LogP contribution in [-0.4, -0.2) is 30.2 Å². The first-order chi connectivity index (χ1) is 8.60. The van der Waals surface area contributed by atoms with E-state index in [0.29, 0.717) is 18.8 Å². The molecule has 98 valence electrons. The molecule has 0 saturated heterocycles. The lowest BCUT2D eigenvalue weighted by atomic mass is 10.1. The lowest BCUT2D eigenvalue weighted by Gasteiger charge is -2.17. The van der Waals surface area contributed by atoms with Gasteiger partial charge < -0.3 is 14.6 Å². The third-order valence-electron chi connectivity index (χ3n) is 2.73. The third-order valence-corrected chi connectivity index (χ3v) is 2.73. The van der Waals surface area contributed by atoms with Gasteiger partial charge in [0.2, 0.25) is 0 Å². The molecule has 4 heteroatoms. The van der Waals surface area contributed by atoms with Crippen LogP contribution >= 0.6 is 0 Å².